The molecule has 0 nitrogen and oxygen atoms in total. The van der Waals surface area contributed by atoms with E-state index in [-0.39, 0.29) is 85.5 Å². The monoisotopic (exact) mass is 428 g/mol. The Morgan fingerprint density at radius 2 is 1.00 bits per heavy atom. The largest absolute Gasteiger partial charge is 2.00 e. The molecule has 0 bridgehead atoms. The average molecular weight is 424 g/mol. The quantitative estimate of drug-likeness (QED) is 0.466. The summed E-state index contributed by atoms with van der Waals surface area (Å²) in [5.41, 5.74) is 0. The molecular formula is CdHgSSe. The average Bonchev–Trinajstić information content (AvgIpc) is 0. The van der Waals surface area contributed by atoms with E-state index in [1.165, 1.54) is 0 Å². The molecule has 0 rings (SSSR count). The second-order valence-corrected chi connectivity index (χ2v) is 0. The van der Waals surface area contributed by atoms with Gasteiger partial charge in [-0.15, -0.1) is 0 Å². The van der Waals surface area contributed by atoms with Crippen molar-refractivity contribution in [2.45, 2.75) is 0 Å². The summed E-state index contributed by atoms with van der Waals surface area (Å²) >= 11 is 0. The maximum absolute atomic E-state index is 0. The summed E-state index contributed by atoms with van der Waals surface area (Å²) in [6.45, 7) is 0. The second-order valence-electron chi connectivity index (χ2n) is 0. The molecule has 0 aromatic carbocycles. The van der Waals surface area contributed by atoms with Crippen LogP contribution in [-0.4, -0.2) is 17.1 Å². The van der Waals surface area contributed by atoms with Gasteiger partial charge >= 0.3 is 55.0 Å². The Kier molecular flexibility index (Phi) is 128. The van der Waals surface area contributed by atoms with Crippen LogP contribution in [0.15, 0.2) is 0 Å². The molecule has 0 saturated heterocycles. The number of hydrogen-bond acceptors (Lipinski definition) is 0. The molecule has 0 aliphatic heterocycles. The van der Waals surface area contributed by atoms with E-state index in [9.17, 15) is 0 Å². The first-order chi connectivity index (χ1) is 0. The molecule has 0 aliphatic rings. The van der Waals surface area contributed by atoms with Crippen molar-refractivity contribution >= 4 is 30.6 Å². The Bertz CT molecular complexity index is 8.00. The first-order valence-corrected chi connectivity index (χ1v) is 0. The summed E-state index contributed by atoms with van der Waals surface area (Å²) in [7, 11) is 0. The molecule has 0 amide bonds. The van der Waals surface area contributed by atoms with Crippen LogP contribution in [0.2, 0.25) is 0 Å². The van der Waals surface area contributed by atoms with E-state index in [2.05, 4.69) is 0 Å². The van der Waals surface area contributed by atoms with Gasteiger partial charge in [-0.3, -0.25) is 0 Å². The molecule has 4 heavy (non-hydrogen) atoms. The third-order valence-electron chi connectivity index (χ3n) is 0. The molecular weight excluding hydrogens is 424 g/mol. The van der Waals surface area contributed by atoms with Gasteiger partial charge in [-0.2, -0.15) is 0 Å². The Hall–Kier alpha value is 2.73. The maximum atomic E-state index is 0. The third-order valence-corrected chi connectivity index (χ3v) is 0. The first kappa shape index (κ1) is 29.7. The van der Waals surface area contributed by atoms with Crippen LogP contribution in [-0.2, 0) is 68.5 Å². The summed E-state index contributed by atoms with van der Waals surface area (Å²) in [6, 6.07) is 0. The molecule has 4 heteroatoms. The minimum atomic E-state index is 0. The maximum Gasteiger partial charge on any atom is 2.00 e. The molecule has 0 atom stereocenters. The summed E-state index contributed by atoms with van der Waals surface area (Å²) in [6.07, 6.45) is 0. The Morgan fingerprint density at radius 1 is 1.00 bits per heavy atom. The number of rotatable bonds is 0. The molecule has 0 radical (unpaired) electrons. The topological polar surface area (TPSA) is 0 Å². The van der Waals surface area contributed by atoms with E-state index in [0.717, 1.165) is 0 Å². The predicted molar refractivity (Wildman–Crippen MR) is 13.1 cm³/mol. The van der Waals surface area contributed by atoms with Gasteiger partial charge in [0.2, 0.25) is 0 Å². The van der Waals surface area contributed by atoms with E-state index in [1.54, 1.807) is 0 Å². The van der Waals surface area contributed by atoms with Crippen LogP contribution in [0.1, 0.15) is 0 Å². The van der Waals surface area contributed by atoms with Crippen molar-refractivity contribution in [2.24, 2.45) is 0 Å². The van der Waals surface area contributed by atoms with Gasteiger partial charge < -0.3 is 30.6 Å². The third kappa shape index (κ3) is 8.83. The van der Waals surface area contributed by atoms with Gasteiger partial charge in [0.25, 0.3) is 0 Å². The first-order valence-electron chi connectivity index (χ1n) is 0. The zero-order valence-corrected chi connectivity index (χ0v) is 14.3. The normalized spacial score (nSPS) is 0. The van der Waals surface area contributed by atoms with Crippen LogP contribution in [0.3, 0.4) is 0 Å². The van der Waals surface area contributed by atoms with Gasteiger partial charge in [-0.25, -0.2) is 0 Å². The van der Waals surface area contributed by atoms with Crippen molar-refractivity contribution in [1.82, 2.24) is 0 Å². The van der Waals surface area contributed by atoms with Crippen molar-refractivity contribution in [3.8, 4) is 0 Å². The molecule has 0 heterocycles. The molecule has 16 valence electrons. The molecule has 0 saturated carbocycles. The standard InChI is InChI=1S/Cd.Hg.S.Se/q2*+2;2*-2. The van der Waals surface area contributed by atoms with Crippen molar-refractivity contribution in [3.63, 3.8) is 0 Å². The minimum Gasteiger partial charge on any atom is -2.00 e. The smallest absolute Gasteiger partial charge is 2.00 e. The number of hydrogen-bond donors (Lipinski definition) is 0. The van der Waals surface area contributed by atoms with E-state index < -0.39 is 0 Å². The summed E-state index contributed by atoms with van der Waals surface area (Å²) in [4.78, 5) is 0. The fourth-order valence-corrected chi connectivity index (χ4v) is 0. The summed E-state index contributed by atoms with van der Waals surface area (Å²) in [5.74, 6) is 0. The van der Waals surface area contributed by atoms with Gasteiger partial charge in [0, 0.05) is 0 Å². The van der Waals surface area contributed by atoms with Gasteiger partial charge in [0.1, 0.15) is 0 Å². The van der Waals surface area contributed by atoms with Crippen LogP contribution < -0.4 is 0 Å². The van der Waals surface area contributed by atoms with E-state index in [4.69, 9.17) is 0 Å². The molecule has 0 fully saturated rings. The van der Waals surface area contributed by atoms with Crippen LogP contribution in [0, 0.1) is 0 Å². The Balaban J connectivity index is 0. The van der Waals surface area contributed by atoms with Crippen LogP contribution in [0.25, 0.3) is 0 Å². The molecule has 0 aliphatic carbocycles. The minimum absolute atomic E-state index is 0. The van der Waals surface area contributed by atoms with Crippen molar-refractivity contribution in [2.75, 3.05) is 0 Å². The van der Waals surface area contributed by atoms with Gasteiger partial charge in [0.15, 0.2) is 0 Å². The predicted octanol–water partition coefficient (Wildman–Crippen LogP) is -0.388. The van der Waals surface area contributed by atoms with Crippen LogP contribution in [0.5, 0.6) is 0 Å². The van der Waals surface area contributed by atoms with Gasteiger partial charge in [-0.05, 0) is 0 Å². The molecule has 0 aromatic heterocycles. The van der Waals surface area contributed by atoms with E-state index in [1.807, 2.05) is 0 Å². The van der Waals surface area contributed by atoms with Crippen LogP contribution in [0.4, 0.5) is 0 Å². The fourth-order valence-electron chi connectivity index (χ4n) is 0. The zero-order chi connectivity index (χ0) is 0. The van der Waals surface area contributed by atoms with E-state index >= 15 is 0 Å². The van der Waals surface area contributed by atoms with E-state index in [0.29, 0.717) is 0 Å². The van der Waals surface area contributed by atoms with Crippen molar-refractivity contribution in [3.05, 3.63) is 0 Å². The van der Waals surface area contributed by atoms with Crippen LogP contribution >= 0.6 is 0 Å². The zero-order valence-electron chi connectivity index (χ0n) is 2.23. The summed E-state index contributed by atoms with van der Waals surface area (Å²) in [5, 5.41) is 0. The Labute approximate surface area is 84.1 Å². The Morgan fingerprint density at radius 3 is 1.00 bits per heavy atom. The fraction of sp³-hybridized carbons (Fsp3) is 0. The second kappa shape index (κ2) is 17.2. The summed E-state index contributed by atoms with van der Waals surface area (Å²) < 4.78 is 0. The molecule has 0 spiro atoms. The van der Waals surface area contributed by atoms with Gasteiger partial charge in [0.05, 0.1) is 0 Å². The molecule has 0 N–H and O–H groups in total. The molecule has 0 aromatic rings. The van der Waals surface area contributed by atoms with Crippen molar-refractivity contribution in [1.29, 1.82) is 0 Å². The van der Waals surface area contributed by atoms with Crippen molar-refractivity contribution < 1.29 is 55.0 Å². The SMILES string of the molecule is [Cd+2].[Hg+2].[S-2].[Se-2]. The van der Waals surface area contributed by atoms with Gasteiger partial charge in [-0.1, -0.05) is 0 Å². The molecule has 0 unspecified atom stereocenters.